The van der Waals surface area contributed by atoms with Gasteiger partial charge in [0.2, 0.25) is 5.95 Å². The first-order chi connectivity index (χ1) is 16.4. The summed E-state index contributed by atoms with van der Waals surface area (Å²) >= 11 is 1.74. The van der Waals surface area contributed by atoms with E-state index in [0.29, 0.717) is 12.0 Å². The van der Waals surface area contributed by atoms with Crippen LogP contribution in [-0.4, -0.2) is 83.9 Å². The van der Waals surface area contributed by atoms with Crippen molar-refractivity contribution in [3.8, 4) is 0 Å². The van der Waals surface area contributed by atoms with Crippen LogP contribution < -0.4 is 9.80 Å². The van der Waals surface area contributed by atoms with Gasteiger partial charge in [-0.25, -0.2) is 0 Å². The second-order valence-corrected chi connectivity index (χ2v) is 10.3. The summed E-state index contributed by atoms with van der Waals surface area (Å²) in [5, 5.41) is 9.69. The first-order valence-corrected chi connectivity index (χ1v) is 12.9. The molecule has 3 aliphatic rings. The van der Waals surface area contributed by atoms with Crippen molar-refractivity contribution < 1.29 is 17.9 Å². The summed E-state index contributed by atoms with van der Waals surface area (Å²) in [5.41, 5.74) is 0.314. The van der Waals surface area contributed by atoms with Gasteiger partial charge < -0.3 is 19.4 Å². The Morgan fingerprint density at radius 2 is 1.82 bits per heavy atom. The molecule has 0 saturated carbocycles. The van der Waals surface area contributed by atoms with E-state index >= 15 is 0 Å². The Morgan fingerprint density at radius 1 is 1.06 bits per heavy atom. The van der Waals surface area contributed by atoms with Gasteiger partial charge >= 0.3 is 6.18 Å². The lowest BCUT2D eigenvalue weighted by Crippen LogP contribution is -2.37. The number of nitrogens with zero attached hydrogens (tertiary/aromatic N) is 6. The molecule has 3 saturated heterocycles. The van der Waals surface area contributed by atoms with Crippen LogP contribution in [0.25, 0.3) is 0 Å². The maximum Gasteiger partial charge on any atom is 0.416 e. The van der Waals surface area contributed by atoms with E-state index in [1.54, 1.807) is 23.9 Å². The Balaban J connectivity index is 1.09. The maximum absolute atomic E-state index is 12.9. The highest BCUT2D eigenvalue weighted by Gasteiger charge is 2.41. The monoisotopic (exact) mass is 496 g/mol. The summed E-state index contributed by atoms with van der Waals surface area (Å²) in [6.07, 6.45) is -2.13. The average Bonchev–Trinajstić information content (AvgIpc) is 3.51. The SMILES string of the molecule is Cn1c(SCCCN2C[C@@H]3CCN(c4ccc(C(F)(F)F)cc4)[C@@H]3C2)nnc1N1CCOCC1. The number of benzene rings is 1. The van der Waals surface area contributed by atoms with E-state index in [1.807, 2.05) is 7.05 Å². The lowest BCUT2D eigenvalue weighted by Gasteiger charge is -2.27. The zero-order valence-electron chi connectivity index (χ0n) is 19.4. The number of rotatable bonds is 7. The predicted molar refractivity (Wildman–Crippen MR) is 127 cm³/mol. The van der Waals surface area contributed by atoms with Gasteiger partial charge in [0, 0.05) is 57.3 Å². The molecular weight excluding hydrogens is 465 g/mol. The number of hydrogen-bond acceptors (Lipinski definition) is 7. The van der Waals surface area contributed by atoms with Crippen molar-refractivity contribution in [2.45, 2.75) is 30.2 Å². The van der Waals surface area contributed by atoms with Gasteiger partial charge in [-0.3, -0.25) is 4.57 Å². The number of anilines is 2. The van der Waals surface area contributed by atoms with E-state index in [2.05, 4.69) is 29.5 Å². The molecule has 7 nitrogen and oxygen atoms in total. The maximum atomic E-state index is 12.9. The van der Waals surface area contributed by atoms with Gasteiger partial charge in [0.25, 0.3) is 0 Å². The zero-order chi connectivity index (χ0) is 23.7. The molecule has 2 atom stereocenters. The topological polar surface area (TPSA) is 49.7 Å². The Hall–Kier alpha value is -1.98. The number of ether oxygens (including phenoxy) is 1. The number of morpholine rings is 1. The van der Waals surface area contributed by atoms with Crippen molar-refractivity contribution in [2.24, 2.45) is 13.0 Å². The van der Waals surface area contributed by atoms with Crippen molar-refractivity contribution in [3.63, 3.8) is 0 Å². The molecule has 0 radical (unpaired) electrons. The summed E-state index contributed by atoms with van der Waals surface area (Å²) in [4.78, 5) is 7.01. The van der Waals surface area contributed by atoms with Gasteiger partial charge in [0.15, 0.2) is 5.16 Å². The van der Waals surface area contributed by atoms with Gasteiger partial charge in [-0.1, -0.05) is 11.8 Å². The van der Waals surface area contributed by atoms with E-state index in [-0.39, 0.29) is 0 Å². The smallest absolute Gasteiger partial charge is 0.378 e. The molecule has 11 heteroatoms. The first-order valence-electron chi connectivity index (χ1n) is 11.9. The van der Waals surface area contributed by atoms with Crippen LogP contribution in [0.4, 0.5) is 24.8 Å². The Labute approximate surface area is 202 Å². The third-order valence-electron chi connectivity index (χ3n) is 7.11. The van der Waals surface area contributed by atoms with Gasteiger partial charge in [0.05, 0.1) is 18.8 Å². The minimum absolute atomic E-state index is 0.388. The molecule has 0 aliphatic carbocycles. The van der Waals surface area contributed by atoms with Crippen molar-refractivity contribution in [3.05, 3.63) is 29.8 Å². The molecule has 0 bridgehead atoms. The largest absolute Gasteiger partial charge is 0.416 e. The van der Waals surface area contributed by atoms with Crippen LogP contribution in [0.3, 0.4) is 0 Å². The zero-order valence-corrected chi connectivity index (χ0v) is 20.2. The molecule has 3 fully saturated rings. The highest BCUT2D eigenvalue weighted by atomic mass is 32.2. The fourth-order valence-corrected chi connectivity index (χ4v) is 6.15. The van der Waals surface area contributed by atoms with Crippen LogP contribution >= 0.6 is 11.8 Å². The van der Waals surface area contributed by atoms with E-state index in [0.717, 1.165) is 87.9 Å². The summed E-state index contributed by atoms with van der Waals surface area (Å²) < 4.78 is 46.2. The van der Waals surface area contributed by atoms with Crippen LogP contribution in [0.5, 0.6) is 0 Å². The van der Waals surface area contributed by atoms with E-state index < -0.39 is 11.7 Å². The number of halogens is 3. The molecule has 4 heterocycles. The number of hydrogen-bond donors (Lipinski definition) is 0. The predicted octanol–water partition coefficient (Wildman–Crippen LogP) is 3.36. The third-order valence-corrected chi connectivity index (χ3v) is 8.21. The quantitative estimate of drug-likeness (QED) is 0.430. The Bertz CT molecular complexity index is 963. The van der Waals surface area contributed by atoms with Crippen LogP contribution in [0.2, 0.25) is 0 Å². The molecular formula is C23H31F3N6OS. The standard InChI is InChI=1S/C23H31F3N6OS/c1-29-21(31-10-12-33-13-11-31)27-28-22(29)34-14-2-8-30-15-17-7-9-32(20(17)16-30)19-5-3-18(4-6-19)23(24,25)26/h3-6,17,20H,2,7-16H2,1H3/t17-,20+/m0/s1. The Morgan fingerprint density at radius 3 is 2.56 bits per heavy atom. The van der Waals surface area contributed by atoms with Crippen LogP contribution in [0, 0.1) is 5.92 Å². The lowest BCUT2D eigenvalue weighted by molar-refractivity contribution is -0.137. The van der Waals surface area contributed by atoms with Crippen LogP contribution in [-0.2, 0) is 18.0 Å². The molecule has 34 heavy (non-hydrogen) atoms. The normalized spacial score (nSPS) is 23.6. The van der Waals surface area contributed by atoms with Gasteiger partial charge in [0.1, 0.15) is 0 Å². The van der Waals surface area contributed by atoms with Crippen LogP contribution in [0.1, 0.15) is 18.4 Å². The molecule has 0 spiro atoms. The number of alkyl halides is 3. The second-order valence-electron chi connectivity index (χ2n) is 9.26. The minimum Gasteiger partial charge on any atom is -0.378 e. The average molecular weight is 497 g/mol. The summed E-state index contributed by atoms with van der Waals surface area (Å²) in [7, 11) is 2.02. The number of thioether (sulfide) groups is 1. The van der Waals surface area contributed by atoms with Gasteiger partial charge in [-0.05, 0) is 49.6 Å². The van der Waals surface area contributed by atoms with Crippen molar-refractivity contribution >= 4 is 23.4 Å². The molecule has 186 valence electrons. The van der Waals surface area contributed by atoms with Crippen molar-refractivity contribution in [2.75, 3.05) is 68.0 Å². The minimum atomic E-state index is -4.29. The highest BCUT2D eigenvalue weighted by molar-refractivity contribution is 7.99. The number of fused-ring (bicyclic) bond motifs is 1. The van der Waals surface area contributed by atoms with E-state index in [1.165, 1.54) is 12.1 Å². The molecule has 0 unspecified atom stereocenters. The number of aromatic nitrogens is 3. The molecule has 1 aromatic heterocycles. The molecule has 2 aromatic rings. The number of likely N-dealkylation sites (tertiary alicyclic amines) is 1. The summed E-state index contributed by atoms with van der Waals surface area (Å²) in [6.45, 7) is 7.12. The molecule has 0 N–H and O–H groups in total. The lowest BCUT2D eigenvalue weighted by atomic mass is 10.0. The molecule has 0 amide bonds. The molecule has 1 aromatic carbocycles. The summed E-state index contributed by atoms with van der Waals surface area (Å²) in [5.74, 6) is 2.47. The van der Waals surface area contributed by atoms with Crippen LogP contribution in [0.15, 0.2) is 29.4 Å². The molecule has 3 aliphatic heterocycles. The fraction of sp³-hybridized carbons (Fsp3) is 0.652. The van der Waals surface area contributed by atoms with Crippen molar-refractivity contribution in [1.82, 2.24) is 19.7 Å². The van der Waals surface area contributed by atoms with Crippen molar-refractivity contribution in [1.29, 1.82) is 0 Å². The Kier molecular flexibility index (Phi) is 6.95. The first kappa shape index (κ1) is 23.7. The second kappa shape index (κ2) is 9.94. The molecule has 5 rings (SSSR count). The van der Waals surface area contributed by atoms with Gasteiger partial charge in [-0.2, -0.15) is 13.2 Å². The summed E-state index contributed by atoms with van der Waals surface area (Å²) in [6, 6.07) is 6.03. The third kappa shape index (κ3) is 5.01. The highest BCUT2D eigenvalue weighted by Crippen LogP contribution is 2.37. The fourth-order valence-electron chi connectivity index (χ4n) is 5.32. The van der Waals surface area contributed by atoms with Gasteiger partial charge in [-0.15, -0.1) is 10.2 Å². The van der Waals surface area contributed by atoms with E-state index in [4.69, 9.17) is 4.74 Å². The van der Waals surface area contributed by atoms with E-state index in [9.17, 15) is 13.2 Å².